The Bertz CT molecular complexity index is 321. The molecule has 3 nitrogen and oxygen atoms in total. The van der Waals surface area contributed by atoms with Crippen molar-refractivity contribution in [2.75, 3.05) is 13.2 Å². The summed E-state index contributed by atoms with van der Waals surface area (Å²) in [5.74, 6) is 0.738. The second-order valence-corrected chi connectivity index (χ2v) is 4.96. The highest BCUT2D eigenvalue weighted by molar-refractivity contribution is 5.27. The van der Waals surface area contributed by atoms with E-state index < -0.39 is 6.10 Å². The largest absolute Gasteiger partial charge is 0.491 e. The maximum atomic E-state index is 9.19. The Balaban J connectivity index is 2.23. The van der Waals surface area contributed by atoms with E-state index in [9.17, 15) is 5.11 Å². The highest BCUT2D eigenvalue weighted by Crippen LogP contribution is 2.15. The minimum Gasteiger partial charge on any atom is -0.491 e. The van der Waals surface area contributed by atoms with Gasteiger partial charge in [-0.3, -0.25) is 0 Å². The maximum absolute atomic E-state index is 9.19. The van der Waals surface area contributed by atoms with Crippen molar-refractivity contribution in [1.29, 1.82) is 0 Å². The lowest BCUT2D eigenvalue weighted by Gasteiger charge is -2.10. The van der Waals surface area contributed by atoms with Crippen LogP contribution >= 0.6 is 0 Å². The van der Waals surface area contributed by atoms with Gasteiger partial charge in [0.2, 0.25) is 0 Å². The van der Waals surface area contributed by atoms with E-state index >= 15 is 0 Å². The van der Waals surface area contributed by atoms with Gasteiger partial charge in [-0.2, -0.15) is 0 Å². The molecule has 1 atom stereocenters. The lowest BCUT2D eigenvalue weighted by molar-refractivity contribution is 0.0536. The van der Waals surface area contributed by atoms with Crippen LogP contribution in [0, 0.1) is 0 Å². The molecule has 1 aromatic carbocycles. The third-order valence-electron chi connectivity index (χ3n) is 3.15. The van der Waals surface area contributed by atoms with Gasteiger partial charge in [-0.1, -0.05) is 44.7 Å². The van der Waals surface area contributed by atoms with E-state index in [1.165, 1.54) is 37.7 Å². The van der Waals surface area contributed by atoms with E-state index in [2.05, 4.69) is 19.1 Å². The molecule has 3 heteroatoms. The standard InChI is InChI=1S/C16H26O3/c1-2-3-4-5-6-7-14-8-10-16(11-9-14)19-13-15(18)12-17/h8-11,15,17-18H,2-7,12-13H2,1H3. The summed E-state index contributed by atoms with van der Waals surface area (Å²) in [5, 5.41) is 17.9. The molecular weight excluding hydrogens is 240 g/mol. The molecule has 1 rings (SSSR count). The van der Waals surface area contributed by atoms with Gasteiger partial charge in [0, 0.05) is 0 Å². The Labute approximate surface area is 116 Å². The maximum Gasteiger partial charge on any atom is 0.119 e. The molecule has 0 saturated carbocycles. The fraction of sp³-hybridized carbons (Fsp3) is 0.625. The Kier molecular flexibility index (Phi) is 8.26. The Morgan fingerprint density at radius 3 is 2.37 bits per heavy atom. The molecule has 19 heavy (non-hydrogen) atoms. The van der Waals surface area contributed by atoms with E-state index in [0.29, 0.717) is 0 Å². The summed E-state index contributed by atoms with van der Waals surface area (Å²) in [6, 6.07) is 7.98. The minimum atomic E-state index is -0.807. The molecule has 0 heterocycles. The van der Waals surface area contributed by atoms with Crippen LogP contribution in [0.15, 0.2) is 24.3 Å². The second kappa shape index (κ2) is 9.82. The molecule has 0 aliphatic carbocycles. The number of unbranched alkanes of at least 4 members (excludes halogenated alkanes) is 4. The van der Waals surface area contributed by atoms with E-state index in [1.54, 1.807) is 0 Å². The van der Waals surface area contributed by atoms with Gasteiger partial charge in [-0.05, 0) is 30.5 Å². The lowest BCUT2D eigenvalue weighted by Crippen LogP contribution is -2.21. The summed E-state index contributed by atoms with van der Waals surface area (Å²) in [6.07, 6.45) is 6.79. The molecule has 0 fully saturated rings. The van der Waals surface area contributed by atoms with Crippen LogP contribution in [0.25, 0.3) is 0 Å². The van der Waals surface area contributed by atoms with E-state index in [4.69, 9.17) is 9.84 Å². The number of rotatable bonds is 10. The smallest absolute Gasteiger partial charge is 0.119 e. The summed E-state index contributed by atoms with van der Waals surface area (Å²) in [4.78, 5) is 0. The zero-order valence-corrected chi connectivity index (χ0v) is 11.8. The highest BCUT2D eigenvalue weighted by atomic mass is 16.5. The van der Waals surface area contributed by atoms with Gasteiger partial charge in [0.1, 0.15) is 18.5 Å². The van der Waals surface area contributed by atoms with Crippen LogP contribution in [0.4, 0.5) is 0 Å². The molecule has 0 amide bonds. The topological polar surface area (TPSA) is 49.7 Å². The van der Waals surface area contributed by atoms with Crippen LogP contribution in [-0.2, 0) is 6.42 Å². The first-order valence-electron chi connectivity index (χ1n) is 7.27. The number of hydrogen-bond acceptors (Lipinski definition) is 3. The number of aliphatic hydroxyl groups excluding tert-OH is 2. The van der Waals surface area contributed by atoms with Crippen molar-refractivity contribution >= 4 is 0 Å². The highest BCUT2D eigenvalue weighted by Gasteiger charge is 2.02. The molecule has 1 aromatic rings. The number of aliphatic hydroxyl groups is 2. The summed E-state index contributed by atoms with van der Waals surface area (Å²) >= 11 is 0. The monoisotopic (exact) mass is 266 g/mol. The first kappa shape index (κ1) is 16.0. The number of benzene rings is 1. The first-order chi connectivity index (χ1) is 9.26. The molecular formula is C16H26O3. The molecule has 0 bridgehead atoms. The van der Waals surface area contributed by atoms with Crippen molar-refractivity contribution in [3.05, 3.63) is 29.8 Å². The van der Waals surface area contributed by atoms with Crippen molar-refractivity contribution in [3.63, 3.8) is 0 Å². The molecule has 0 aliphatic heterocycles. The molecule has 2 N–H and O–H groups in total. The molecule has 108 valence electrons. The van der Waals surface area contributed by atoms with Crippen LogP contribution in [-0.4, -0.2) is 29.5 Å². The van der Waals surface area contributed by atoms with Crippen LogP contribution < -0.4 is 4.74 Å². The summed E-state index contributed by atoms with van der Waals surface area (Å²) in [5.41, 5.74) is 1.33. The molecule has 0 saturated heterocycles. The predicted octanol–water partition coefficient (Wildman–Crippen LogP) is 2.93. The average Bonchev–Trinajstić information content (AvgIpc) is 2.45. The lowest BCUT2D eigenvalue weighted by atomic mass is 10.1. The number of hydrogen-bond donors (Lipinski definition) is 2. The predicted molar refractivity (Wildman–Crippen MR) is 77.5 cm³/mol. The number of ether oxygens (including phenoxy) is 1. The molecule has 0 radical (unpaired) electrons. The zero-order valence-electron chi connectivity index (χ0n) is 11.8. The third-order valence-corrected chi connectivity index (χ3v) is 3.15. The summed E-state index contributed by atoms with van der Waals surface area (Å²) < 4.78 is 5.36. The SMILES string of the molecule is CCCCCCCc1ccc(OCC(O)CO)cc1. The van der Waals surface area contributed by atoms with Gasteiger partial charge in [-0.15, -0.1) is 0 Å². The van der Waals surface area contributed by atoms with Crippen LogP contribution in [0.3, 0.4) is 0 Å². The van der Waals surface area contributed by atoms with Gasteiger partial charge >= 0.3 is 0 Å². The molecule has 0 aromatic heterocycles. The van der Waals surface area contributed by atoms with Gasteiger partial charge < -0.3 is 14.9 Å². The van der Waals surface area contributed by atoms with Crippen molar-refractivity contribution in [2.45, 2.75) is 51.6 Å². The minimum absolute atomic E-state index is 0.132. The normalized spacial score (nSPS) is 12.4. The number of aryl methyl sites for hydroxylation is 1. The van der Waals surface area contributed by atoms with E-state index in [0.717, 1.165) is 12.2 Å². The molecule has 0 spiro atoms. The molecule has 1 unspecified atom stereocenters. The third kappa shape index (κ3) is 7.19. The second-order valence-electron chi connectivity index (χ2n) is 4.96. The van der Waals surface area contributed by atoms with Crippen LogP contribution in [0.5, 0.6) is 5.75 Å². The Hall–Kier alpha value is -1.06. The molecule has 0 aliphatic rings. The Morgan fingerprint density at radius 1 is 1.05 bits per heavy atom. The van der Waals surface area contributed by atoms with Gasteiger partial charge in [0.15, 0.2) is 0 Å². The van der Waals surface area contributed by atoms with E-state index in [-0.39, 0.29) is 13.2 Å². The van der Waals surface area contributed by atoms with Crippen LogP contribution in [0.1, 0.15) is 44.6 Å². The summed E-state index contributed by atoms with van der Waals surface area (Å²) in [6.45, 7) is 2.09. The zero-order chi connectivity index (χ0) is 13.9. The van der Waals surface area contributed by atoms with Crippen molar-refractivity contribution in [2.24, 2.45) is 0 Å². The van der Waals surface area contributed by atoms with Gasteiger partial charge in [-0.25, -0.2) is 0 Å². The Morgan fingerprint density at radius 2 is 1.74 bits per heavy atom. The van der Waals surface area contributed by atoms with Crippen molar-refractivity contribution in [3.8, 4) is 5.75 Å². The van der Waals surface area contributed by atoms with Crippen molar-refractivity contribution in [1.82, 2.24) is 0 Å². The fourth-order valence-electron chi connectivity index (χ4n) is 1.93. The quantitative estimate of drug-likeness (QED) is 0.640. The van der Waals surface area contributed by atoms with Gasteiger partial charge in [0.25, 0.3) is 0 Å². The van der Waals surface area contributed by atoms with Crippen LogP contribution in [0.2, 0.25) is 0 Å². The fourth-order valence-corrected chi connectivity index (χ4v) is 1.93. The average molecular weight is 266 g/mol. The van der Waals surface area contributed by atoms with E-state index in [1.807, 2.05) is 12.1 Å². The van der Waals surface area contributed by atoms with Crippen molar-refractivity contribution < 1.29 is 14.9 Å². The van der Waals surface area contributed by atoms with Gasteiger partial charge in [0.05, 0.1) is 6.61 Å². The first-order valence-corrected chi connectivity index (χ1v) is 7.27. The summed E-state index contributed by atoms with van der Waals surface area (Å²) in [7, 11) is 0.